The van der Waals surface area contributed by atoms with Gasteiger partial charge in [0.2, 0.25) is 0 Å². The Labute approximate surface area is 108 Å². The van der Waals surface area contributed by atoms with Gasteiger partial charge in [0.1, 0.15) is 0 Å². The van der Waals surface area contributed by atoms with E-state index in [4.69, 9.17) is 5.11 Å². The first-order valence-electron chi connectivity index (χ1n) is 5.98. The molecule has 0 unspecified atom stereocenters. The Hall–Kier alpha value is -1.56. The molecule has 0 saturated carbocycles. The van der Waals surface area contributed by atoms with Crippen LogP contribution in [0.25, 0.3) is 0 Å². The molecule has 1 aromatic carbocycles. The highest BCUT2D eigenvalue weighted by atomic mass is 19.4. The quantitative estimate of drug-likeness (QED) is 0.920. The molecule has 19 heavy (non-hydrogen) atoms. The predicted molar refractivity (Wildman–Crippen MR) is 62.5 cm³/mol. The summed E-state index contributed by atoms with van der Waals surface area (Å²) < 4.78 is 38.4. The molecule has 1 heterocycles. The van der Waals surface area contributed by atoms with Gasteiger partial charge in [0, 0.05) is 13.1 Å². The van der Waals surface area contributed by atoms with Crippen molar-refractivity contribution in [1.29, 1.82) is 0 Å². The van der Waals surface area contributed by atoms with Crippen molar-refractivity contribution in [2.45, 2.75) is 19.1 Å². The van der Waals surface area contributed by atoms with Crippen molar-refractivity contribution in [3.05, 3.63) is 35.4 Å². The normalized spacial score (nSPS) is 20.7. The molecule has 0 aromatic heterocycles. The van der Waals surface area contributed by atoms with Crippen LogP contribution in [0.3, 0.4) is 0 Å². The van der Waals surface area contributed by atoms with E-state index in [1.54, 1.807) is 11.0 Å². The lowest BCUT2D eigenvalue weighted by Crippen LogP contribution is -2.24. The van der Waals surface area contributed by atoms with Crippen molar-refractivity contribution in [3.8, 4) is 0 Å². The molecule has 1 aromatic rings. The smallest absolute Gasteiger partial charge is 0.416 e. The zero-order chi connectivity index (χ0) is 14.0. The predicted octanol–water partition coefficient (Wildman–Crippen LogP) is 2.61. The molecule has 1 fully saturated rings. The van der Waals surface area contributed by atoms with Gasteiger partial charge in [-0.25, -0.2) is 0 Å². The zero-order valence-corrected chi connectivity index (χ0v) is 10.2. The van der Waals surface area contributed by atoms with Crippen LogP contribution >= 0.6 is 0 Å². The second-order valence-corrected chi connectivity index (χ2v) is 4.71. The maximum absolute atomic E-state index is 12.8. The number of alkyl halides is 3. The van der Waals surface area contributed by atoms with E-state index in [9.17, 15) is 18.0 Å². The first-order valence-corrected chi connectivity index (χ1v) is 5.98. The van der Waals surface area contributed by atoms with Gasteiger partial charge in [0.15, 0.2) is 0 Å². The maximum atomic E-state index is 12.8. The standard InChI is InChI=1S/C13H14F3NO2/c14-13(15,16)11-4-2-1-3-9(11)7-17-6-5-10(8-17)12(18)19/h1-4,10H,5-8H2,(H,18,19)/t10-/m0/s1. The SMILES string of the molecule is O=C(O)[C@H]1CCN(Cc2ccccc2C(F)(F)F)C1. The molecule has 0 spiro atoms. The van der Waals surface area contributed by atoms with Crippen LogP contribution in [0.4, 0.5) is 13.2 Å². The van der Waals surface area contributed by atoms with Gasteiger partial charge >= 0.3 is 12.1 Å². The Morgan fingerprint density at radius 1 is 1.37 bits per heavy atom. The van der Waals surface area contributed by atoms with E-state index in [2.05, 4.69) is 0 Å². The highest BCUT2D eigenvalue weighted by Gasteiger charge is 2.34. The number of hydrogen-bond acceptors (Lipinski definition) is 2. The zero-order valence-electron chi connectivity index (χ0n) is 10.2. The Morgan fingerprint density at radius 3 is 2.63 bits per heavy atom. The number of carbonyl (C=O) groups is 1. The summed E-state index contributed by atoms with van der Waals surface area (Å²) in [6.07, 6.45) is -3.88. The number of halogens is 3. The fourth-order valence-electron chi connectivity index (χ4n) is 2.35. The van der Waals surface area contributed by atoms with Crippen LogP contribution in [0.15, 0.2) is 24.3 Å². The van der Waals surface area contributed by atoms with Crippen LogP contribution in [0.2, 0.25) is 0 Å². The van der Waals surface area contributed by atoms with E-state index in [1.165, 1.54) is 12.1 Å². The van der Waals surface area contributed by atoms with Crippen molar-refractivity contribution in [3.63, 3.8) is 0 Å². The Kier molecular flexibility index (Phi) is 3.80. The summed E-state index contributed by atoms with van der Waals surface area (Å²) >= 11 is 0. The van der Waals surface area contributed by atoms with Gasteiger partial charge in [-0.1, -0.05) is 18.2 Å². The molecule has 104 valence electrons. The van der Waals surface area contributed by atoms with Crippen LogP contribution in [0, 0.1) is 5.92 Å². The summed E-state index contributed by atoms with van der Waals surface area (Å²) in [5, 5.41) is 8.87. The topological polar surface area (TPSA) is 40.5 Å². The number of rotatable bonds is 3. The van der Waals surface area contributed by atoms with Crippen LogP contribution in [-0.2, 0) is 17.5 Å². The minimum atomic E-state index is -4.37. The lowest BCUT2D eigenvalue weighted by atomic mass is 10.1. The number of likely N-dealkylation sites (tertiary alicyclic amines) is 1. The highest BCUT2D eigenvalue weighted by Crippen LogP contribution is 2.33. The average Bonchev–Trinajstić information content (AvgIpc) is 2.77. The third-order valence-corrected chi connectivity index (χ3v) is 3.34. The maximum Gasteiger partial charge on any atom is 0.416 e. The van der Waals surface area contributed by atoms with Gasteiger partial charge in [-0.3, -0.25) is 9.69 Å². The fraction of sp³-hybridized carbons (Fsp3) is 0.462. The van der Waals surface area contributed by atoms with Crippen molar-refractivity contribution in [1.82, 2.24) is 4.90 Å². The first-order chi connectivity index (χ1) is 8.88. The number of hydrogen-bond donors (Lipinski definition) is 1. The minimum absolute atomic E-state index is 0.138. The number of carboxylic acid groups (broad SMARTS) is 1. The van der Waals surface area contributed by atoms with E-state index >= 15 is 0 Å². The van der Waals surface area contributed by atoms with Crippen molar-refractivity contribution in [2.75, 3.05) is 13.1 Å². The number of nitrogens with zero attached hydrogens (tertiary/aromatic N) is 1. The second-order valence-electron chi connectivity index (χ2n) is 4.71. The minimum Gasteiger partial charge on any atom is -0.481 e. The van der Waals surface area contributed by atoms with Gasteiger partial charge in [0.05, 0.1) is 11.5 Å². The molecule has 3 nitrogen and oxygen atoms in total. The molecule has 1 aliphatic heterocycles. The number of aliphatic carboxylic acids is 1. The second kappa shape index (κ2) is 5.21. The molecule has 0 radical (unpaired) electrons. The summed E-state index contributed by atoms with van der Waals surface area (Å²) in [5.41, 5.74) is -0.449. The average molecular weight is 273 g/mol. The molecule has 1 saturated heterocycles. The molecule has 1 N–H and O–H groups in total. The van der Waals surface area contributed by atoms with Gasteiger partial charge < -0.3 is 5.11 Å². The van der Waals surface area contributed by atoms with E-state index in [1.807, 2.05) is 0 Å². The lowest BCUT2D eigenvalue weighted by Gasteiger charge is -2.19. The highest BCUT2D eigenvalue weighted by molar-refractivity contribution is 5.70. The monoisotopic (exact) mass is 273 g/mol. The van der Waals surface area contributed by atoms with Crippen molar-refractivity contribution < 1.29 is 23.1 Å². The van der Waals surface area contributed by atoms with Crippen LogP contribution in [0.1, 0.15) is 17.5 Å². The van der Waals surface area contributed by atoms with Gasteiger partial charge in [-0.2, -0.15) is 13.2 Å². The number of benzene rings is 1. The summed E-state index contributed by atoms with van der Waals surface area (Å²) in [5.74, 6) is -1.36. The molecule has 1 atom stereocenters. The van der Waals surface area contributed by atoms with Crippen LogP contribution in [-0.4, -0.2) is 29.1 Å². The molecule has 6 heteroatoms. The summed E-state index contributed by atoms with van der Waals surface area (Å²) in [6.45, 7) is 0.962. The summed E-state index contributed by atoms with van der Waals surface area (Å²) in [6, 6.07) is 5.42. The largest absolute Gasteiger partial charge is 0.481 e. The lowest BCUT2D eigenvalue weighted by molar-refractivity contribution is -0.141. The molecule has 2 rings (SSSR count). The van der Waals surface area contributed by atoms with Crippen molar-refractivity contribution in [2.24, 2.45) is 5.92 Å². The van der Waals surface area contributed by atoms with E-state index in [-0.39, 0.29) is 12.1 Å². The van der Waals surface area contributed by atoms with E-state index in [0.29, 0.717) is 19.5 Å². The third-order valence-electron chi connectivity index (χ3n) is 3.34. The fourth-order valence-corrected chi connectivity index (χ4v) is 2.35. The van der Waals surface area contributed by atoms with Crippen LogP contribution in [0.5, 0.6) is 0 Å². The van der Waals surface area contributed by atoms with Gasteiger partial charge in [0.25, 0.3) is 0 Å². The first kappa shape index (κ1) is 13.9. The Balaban J connectivity index is 2.11. The molecular formula is C13H14F3NO2. The van der Waals surface area contributed by atoms with Gasteiger partial charge in [-0.05, 0) is 24.6 Å². The van der Waals surface area contributed by atoms with E-state index < -0.39 is 23.6 Å². The molecule has 0 aliphatic carbocycles. The Morgan fingerprint density at radius 2 is 2.05 bits per heavy atom. The summed E-state index contributed by atoms with van der Waals surface area (Å²) in [4.78, 5) is 12.6. The molecule has 0 amide bonds. The number of carboxylic acids is 1. The molecular weight excluding hydrogens is 259 g/mol. The van der Waals surface area contributed by atoms with Gasteiger partial charge in [-0.15, -0.1) is 0 Å². The van der Waals surface area contributed by atoms with E-state index in [0.717, 1.165) is 6.07 Å². The molecule has 0 bridgehead atoms. The van der Waals surface area contributed by atoms with Crippen LogP contribution < -0.4 is 0 Å². The summed E-state index contributed by atoms with van der Waals surface area (Å²) in [7, 11) is 0. The Bertz CT molecular complexity index is 473. The van der Waals surface area contributed by atoms with Crippen molar-refractivity contribution >= 4 is 5.97 Å². The molecule has 1 aliphatic rings. The third kappa shape index (κ3) is 3.26.